The molecular formula is C28H37N5O4. The van der Waals surface area contributed by atoms with E-state index >= 15 is 0 Å². The van der Waals surface area contributed by atoms with Gasteiger partial charge in [0.15, 0.2) is 11.6 Å². The summed E-state index contributed by atoms with van der Waals surface area (Å²) in [5.74, 6) is 0.752. The predicted octanol–water partition coefficient (Wildman–Crippen LogP) is 4.75. The van der Waals surface area contributed by atoms with E-state index in [1.54, 1.807) is 36.2 Å². The van der Waals surface area contributed by atoms with Gasteiger partial charge < -0.3 is 30.1 Å². The summed E-state index contributed by atoms with van der Waals surface area (Å²) in [6.07, 6.45) is 1.21. The van der Waals surface area contributed by atoms with Gasteiger partial charge in [-0.15, -0.1) is 10.2 Å². The minimum atomic E-state index is -0.494. The Morgan fingerprint density at radius 3 is 2.41 bits per heavy atom. The molecule has 3 N–H and O–H groups in total. The van der Waals surface area contributed by atoms with Crippen LogP contribution in [0.2, 0.25) is 0 Å². The normalized spacial score (nSPS) is 11.2. The van der Waals surface area contributed by atoms with Gasteiger partial charge in [-0.2, -0.15) is 0 Å². The fourth-order valence-electron chi connectivity index (χ4n) is 3.62. The summed E-state index contributed by atoms with van der Waals surface area (Å²) in [7, 11) is 3.79. The molecule has 0 saturated carbocycles. The summed E-state index contributed by atoms with van der Waals surface area (Å²) in [5.41, 5.74) is 8.73. The van der Waals surface area contributed by atoms with Crippen molar-refractivity contribution in [3.8, 4) is 22.8 Å². The number of ether oxygens (including phenoxy) is 2. The van der Waals surface area contributed by atoms with Crippen molar-refractivity contribution in [3.63, 3.8) is 0 Å². The topological polar surface area (TPSA) is 114 Å². The highest BCUT2D eigenvalue weighted by Gasteiger charge is 2.19. The maximum absolute atomic E-state index is 12.1. The molecule has 198 valence electrons. The lowest BCUT2D eigenvalue weighted by molar-refractivity contribution is 0.0298. The first-order valence-electron chi connectivity index (χ1n) is 12.3. The lowest BCUT2D eigenvalue weighted by Crippen LogP contribution is -2.35. The average Bonchev–Trinajstić information content (AvgIpc) is 2.85. The van der Waals surface area contributed by atoms with Crippen LogP contribution in [0.5, 0.6) is 11.5 Å². The first kappa shape index (κ1) is 27.6. The molecule has 2 aromatic carbocycles. The Labute approximate surface area is 218 Å². The molecule has 0 radical (unpaired) electrons. The van der Waals surface area contributed by atoms with Gasteiger partial charge in [-0.25, -0.2) is 4.79 Å². The highest BCUT2D eigenvalue weighted by molar-refractivity contribution is 5.69. The van der Waals surface area contributed by atoms with Crippen LogP contribution in [-0.2, 0) is 11.2 Å². The number of anilines is 2. The SMILES string of the molecule is CN(CCCN(C)c1ccc(CCOc2cc(-c3ccccc3O)nnc2N)cc1)C(=O)OC(C)(C)C. The van der Waals surface area contributed by atoms with Crippen molar-refractivity contribution in [1.82, 2.24) is 15.1 Å². The first-order valence-corrected chi connectivity index (χ1v) is 12.3. The van der Waals surface area contributed by atoms with E-state index in [0.29, 0.717) is 36.6 Å². The van der Waals surface area contributed by atoms with E-state index in [9.17, 15) is 9.90 Å². The van der Waals surface area contributed by atoms with Gasteiger partial charge in [0.25, 0.3) is 0 Å². The number of nitrogen functional groups attached to an aromatic ring is 1. The summed E-state index contributed by atoms with van der Waals surface area (Å²) in [5, 5.41) is 18.1. The average molecular weight is 508 g/mol. The zero-order chi connectivity index (χ0) is 27.0. The second-order valence-electron chi connectivity index (χ2n) is 9.94. The fraction of sp³-hybridized carbons (Fsp3) is 0.393. The zero-order valence-corrected chi connectivity index (χ0v) is 22.3. The minimum Gasteiger partial charge on any atom is -0.507 e. The van der Waals surface area contributed by atoms with E-state index in [0.717, 1.165) is 24.2 Å². The number of nitrogens with two attached hydrogens (primary N) is 1. The van der Waals surface area contributed by atoms with Gasteiger partial charge in [-0.3, -0.25) is 0 Å². The summed E-state index contributed by atoms with van der Waals surface area (Å²) in [4.78, 5) is 15.9. The fourth-order valence-corrected chi connectivity index (χ4v) is 3.62. The molecule has 3 rings (SSSR count). The highest BCUT2D eigenvalue weighted by atomic mass is 16.6. The molecule has 9 heteroatoms. The third kappa shape index (κ3) is 8.27. The smallest absolute Gasteiger partial charge is 0.410 e. The molecular weight excluding hydrogens is 470 g/mol. The standard InChI is InChI=1S/C28H37N5O4/c1-28(2,3)37-27(35)33(5)17-8-16-32(4)21-13-11-20(12-14-21)15-18-36-25-19-23(30-31-26(25)29)22-9-6-7-10-24(22)34/h6-7,9-14,19,34H,8,15-18H2,1-5H3,(H2,29,31). The van der Waals surface area contributed by atoms with Crippen molar-refractivity contribution >= 4 is 17.6 Å². The summed E-state index contributed by atoms with van der Waals surface area (Å²) in [6, 6.07) is 16.9. The molecule has 0 unspecified atom stereocenters. The number of nitrogens with zero attached hydrogens (tertiary/aromatic N) is 4. The van der Waals surface area contributed by atoms with Gasteiger partial charge in [-0.05, 0) is 57.0 Å². The van der Waals surface area contributed by atoms with Crippen LogP contribution in [-0.4, -0.2) is 65.7 Å². The van der Waals surface area contributed by atoms with Gasteiger partial charge in [0, 0.05) is 50.9 Å². The number of phenols is 1. The molecule has 0 aliphatic carbocycles. The van der Waals surface area contributed by atoms with Crippen molar-refractivity contribution in [2.75, 3.05) is 44.4 Å². The predicted molar refractivity (Wildman–Crippen MR) is 146 cm³/mol. The summed E-state index contributed by atoms with van der Waals surface area (Å²) in [6.45, 7) is 7.44. The van der Waals surface area contributed by atoms with E-state index in [1.807, 2.05) is 33.9 Å². The number of rotatable bonds is 10. The van der Waals surface area contributed by atoms with E-state index in [2.05, 4.69) is 39.4 Å². The summed E-state index contributed by atoms with van der Waals surface area (Å²) < 4.78 is 11.3. The Bertz CT molecular complexity index is 1180. The Morgan fingerprint density at radius 2 is 1.73 bits per heavy atom. The van der Waals surface area contributed by atoms with Gasteiger partial charge in [-0.1, -0.05) is 24.3 Å². The van der Waals surface area contributed by atoms with Gasteiger partial charge in [0.1, 0.15) is 17.0 Å². The molecule has 0 saturated heterocycles. The van der Waals surface area contributed by atoms with Crippen LogP contribution in [0.3, 0.4) is 0 Å². The van der Waals surface area contributed by atoms with Crippen molar-refractivity contribution in [2.24, 2.45) is 0 Å². The number of phenolic OH excluding ortho intramolecular Hbond substituents is 1. The van der Waals surface area contributed by atoms with Crippen LogP contribution in [0.4, 0.5) is 16.3 Å². The Balaban J connectivity index is 1.47. The Hall–Kier alpha value is -4.01. The highest BCUT2D eigenvalue weighted by Crippen LogP contribution is 2.30. The number of para-hydroxylation sites is 1. The molecule has 0 aliphatic heterocycles. The van der Waals surface area contributed by atoms with Crippen molar-refractivity contribution in [2.45, 2.75) is 39.2 Å². The molecule has 0 fully saturated rings. The second kappa shape index (κ2) is 12.3. The van der Waals surface area contributed by atoms with Gasteiger partial charge in [0.2, 0.25) is 0 Å². The summed E-state index contributed by atoms with van der Waals surface area (Å²) >= 11 is 0. The number of hydrogen-bond donors (Lipinski definition) is 2. The molecule has 3 aromatic rings. The first-order chi connectivity index (χ1) is 17.5. The van der Waals surface area contributed by atoms with E-state index < -0.39 is 5.60 Å². The molecule has 1 aromatic heterocycles. The van der Waals surface area contributed by atoms with Crippen LogP contribution < -0.4 is 15.4 Å². The van der Waals surface area contributed by atoms with Crippen LogP contribution in [0.25, 0.3) is 11.3 Å². The van der Waals surface area contributed by atoms with Crippen molar-refractivity contribution in [3.05, 3.63) is 60.2 Å². The molecule has 0 spiro atoms. The lowest BCUT2D eigenvalue weighted by Gasteiger charge is -2.25. The number of benzene rings is 2. The number of amides is 1. The van der Waals surface area contributed by atoms with Crippen molar-refractivity contribution < 1.29 is 19.4 Å². The van der Waals surface area contributed by atoms with Crippen LogP contribution >= 0.6 is 0 Å². The maximum atomic E-state index is 12.1. The maximum Gasteiger partial charge on any atom is 0.410 e. The Kier molecular flexibility index (Phi) is 9.16. The number of hydrogen-bond acceptors (Lipinski definition) is 8. The number of aromatic nitrogens is 2. The molecule has 1 amide bonds. The number of carbonyl (C=O) groups is 1. The number of aromatic hydroxyl groups is 1. The van der Waals surface area contributed by atoms with E-state index in [-0.39, 0.29) is 17.7 Å². The molecule has 1 heterocycles. The lowest BCUT2D eigenvalue weighted by atomic mass is 10.1. The largest absolute Gasteiger partial charge is 0.507 e. The van der Waals surface area contributed by atoms with Gasteiger partial charge >= 0.3 is 6.09 Å². The number of carbonyl (C=O) groups excluding carboxylic acids is 1. The van der Waals surface area contributed by atoms with E-state index in [1.165, 1.54) is 0 Å². The van der Waals surface area contributed by atoms with Crippen LogP contribution in [0.15, 0.2) is 54.6 Å². The second-order valence-corrected chi connectivity index (χ2v) is 9.94. The quantitative estimate of drug-likeness (QED) is 0.404. The monoisotopic (exact) mass is 507 g/mol. The minimum absolute atomic E-state index is 0.118. The molecule has 0 aliphatic rings. The third-order valence-electron chi connectivity index (χ3n) is 5.68. The Morgan fingerprint density at radius 1 is 1.03 bits per heavy atom. The van der Waals surface area contributed by atoms with Crippen molar-refractivity contribution in [1.29, 1.82) is 0 Å². The van der Waals surface area contributed by atoms with Crippen LogP contribution in [0.1, 0.15) is 32.8 Å². The van der Waals surface area contributed by atoms with Gasteiger partial charge in [0.05, 0.1) is 6.61 Å². The molecule has 9 nitrogen and oxygen atoms in total. The molecule has 0 bridgehead atoms. The third-order valence-corrected chi connectivity index (χ3v) is 5.68. The molecule has 37 heavy (non-hydrogen) atoms. The molecule has 0 atom stereocenters. The van der Waals surface area contributed by atoms with E-state index in [4.69, 9.17) is 15.2 Å². The van der Waals surface area contributed by atoms with Crippen LogP contribution in [0, 0.1) is 0 Å². The zero-order valence-electron chi connectivity index (χ0n) is 22.3.